The second-order valence-electron chi connectivity index (χ2n) is 4.11. The van der Waals surface area contributed by atoms with E-state index in [9.17, 15) is 4.79 Å². The largest absolute Gasteiger partial charge is 0.392 e. The molecule has 2 N–H and O–H groups in total. The molecule has 0 spiro atoms. The number of carbonyl (C=O) groups excluding carboxylic acids is 1. The molecule has 0 aliphatic rings. The summed E-state index contributed by atoms with van der Waals surface area (Å²) in [7, 11) is 0. The average molecular weight is 328 g/mol. The van der Waals surface area contributed by atoms with Gasteiger partial charge in [-0.3, -0.25) is 4.79 Å². The Hall–Kier alpha value is -1.01. The lowest BCUT2D eigenvalue weighted by Gasteiger charge is -2.06. The van der Waals surface area contributed by atoms with Gasteiger partial charge in [0.1, 0.15) is 0 Å². The standard InChI is InChI=1S/C14H14ClNO2S2/c15-13-5-4-12(20-13)8-19-9-14(18)16-11-3-1-2-10(6-11)7-17/h1-6,17H,7-9H2,(H,16,18). The molecule has 2 rings (SSSR count). The first kappa shape index (κ1) is 15.4. The number of anilines is 1. The maximum atomic E-state index is 11.8. The minimum atomic E-state index is -0.0484. The van der Waals surface area contributed by atoms with Crippen molar-refractivity contribution >= 4 is 46.3 Å². The highest BCUT2D eigenvalue weighted by molar-refractivity contribution is 7.99. The number of halogens is 1. The van der Waals surface area contributed by atoms with Gasteiger partial charge in [0.25, 0.3) is 0 Å². The predicted octanol–water partition coefficient (Wildman–Crippen LogP) is 3.77. The highest BCUT2D eigenvalue weighted by Crippen LogP contribution is 2.25. The van der Waals surface area contributed by atoms with Gasteiger partial charge in [-0.1, -0.05) is 23.7 Å². The molecule has 106 valence electrons. The van der Waals surface area contributed by atoms with Gasteiger partial charge in [0, 0.05) is 16.3 Å². The highest BCUT2D eigenvalue weighted by Gasteiger charge is 2.05. The molecule has 0 saturated carbocycles. The summed E-state index contributed by atoms with van der Waals surface area (Å²) >= 11 is 8.93. The molecule has 1 heterocycles. The van der Waals surface area contributed by atoms with Crippen LogP contribution in [0.25, 0.3) is 0 Å². The number of thiophene rings is 1. The Morgan fingerprint density at radius 1 is 1.35 bits per heavy atom. The van der Waals surface area contributed by atoms with Gasteiger partial charge in [0.15, 0.2) is 0 Å². The molecule has 0 atom stereocenters. The second kappa shape index (κ2) is 7.69. The van der Waals surface area contributed by atoms with E-state index in [1.165, 1.54) is 11.3 Å². The van der Waals surface area contributed by atoms with Gasteiger partial charge >= 0.3 is 0 Å². The van der Waals surface area contributed by atoms with Crippen molar-refractivity contribution in [2.45, 2.75) is 12.4 Å². The van der Waals surface area contributed by atoms with Crippen molar-refractivity contribution < 1.29 is 9.90 Å². The Morgan fingerprint density at radius 3 is 2.90 bits per heavy atom. The monoisotopic (exact) mass is 327 g/mol. The SMILES string of the molecule is O=C(CSCc1ccc(Cl)s1)Nc1cccc(CO)c1. The first-order valence-corrected chi connectivity index (χ1v) is 8.34. The molecule has 0 unspecified atom stereocenters. The maximum Gasteiger partial charge on any atom is 0.234 e. The molecule has 6 heteroatoms. The first-order chi connectivity index (χ1) is 9.67. The number of benzene rings is 1. The fourth-order valence-corrected chi connectivity index (χ4v) is 3.64. The molecule has 0 radical (unpaired) electrons. The smallest absolute Gasteiger partial charge is 0.234 e. The van der Waals surface area contributed by atoms with Crippen LogP contribution in [0.5, 0.6) is 0 Å². The van der Waals surface area contributed by atoms with E-state index in [2.05, 4.69) is 5.32 Å². The third-order valence-electron chi connectivity index (χ3n) is 2.50. The molecule has 1 amide bonds. The molecule has 2 aromatic rings. The van der Waals surface area contributed by atoms with Crippen LogP contribution in [0.4, 0.5) is 5.69 Å². The highest BCUT2D eigenvalue weighted by atomic mass is 35.5. The Balaban J connectivity index is 1.77. The van der Waals surface area contributed by atoms with Crippen LogP contribution in [0.1, 0.15) is 10.4 Å². The summed E-state index contributed by atoms with van der Waals surface area (Å²) in [5.74, 6) is 1.12. The van der Waals surface area contributed by atoms with Crippen LogP contribution in [0.3, 0.4) is 0 Å². The summed E-state index contributed by atoms with van der Waals surface area (Å²) in [5, 5.41) is 11.9. The summed E-state index contributed by atoms with van der Waals surface area (Å²) in [4.78, 5) is 13.0. The van der Waals surface area contributed by atoms with E-state index in [1.807, 2.05) is 24.3 Å². The van der Waals surface area contributed by atoms with E-state index in [0.717, 1.165) is 20.5 Å². The topological polar surface area (TPSA) is 49.3 Å². The zero-order valence-corrected chi connectivity index (χ0v) is 13.0. The summed E-state index contributed by atoms with van der Waals surface area (Å²) < 4.78 is 0.769. The number of nitrogens with one attached hydrogen (secondary N) is 1. The molecular weight excluding hydrogens is 314 g/mol. The first-order valence-electron chi connectivity index (χ1n) is 5.99. The lowest BCUT2D eigenvalue weighted by atomic mass is 10.2. The minimum Gasteiger partial charge on any atom is -0.392 e. The lowest BCUT2D eigenvalue weighted by Crippen LogP contribution is -2.14. The normalized spacial score (nSPS) is 10.5. The van der Waals surface area contributed by atoms with Crippen molar-refractivity contribution in [3.05, 3.63) is 51.2 Å². The third kappa shape index (κ3) is 4.83. The van der Waals surface area contributed by atoms with Gasteiger partial charge < -0.3 is 10.4 Å². The fraction of sp³-hybridized carbons (Fsp3) is 0.214. The number of thioether (sulfide) groups is 1. The van der Waals surface area contributed by atoms with E-state index in [4.69, 9.17) is 16.7 Å². The van der Waals surface area contributed by atoms with Crippen molar-refractivity contribution in [1.82, 2.24) is 0 Å². The van der Waals surface area contributed by atoms with Crippen LogP contribution in [-0.2, 0) is 17.2 Å². The number of hydrogen-bond acceptors (Lipinski definition) is 4. The van der Waals surface area contributed by atoms with Crippen molar-refractivity contribution in [1.29, 1.82) is 0 Å². The van der Waals surface area contributed by atoms with Crippen LogP contribution in [0.2, 0.25) is 4.34 Å². The van der Waals surface area contributed by atoms with Crippen molar-refractivity contribution in [3.8, 4) is 0 Å². The lowest BCUT2D eigenvalue weighted by molar-refractivity contribution is -0.113. The summed E-state index contributed by atoms with van der Waals surface area (Å²) in [6.45, 7) is -0.0302. The number of aliphatic hydroxyl groups is 1. The molecule has 0 aliphatic heterocycles. The van der Waals surface area contributed by atoms with E-state index in [-0.39, 0.29) is 12.5 Å². The quantitative estimate of drug-likeness (QED) is 0.849. The molecule has 0 aliphatic carbocycles. The van der Waals surface area contributed by atoms with Crippen LogP contribution in [-0.4, -0.2) is 16.8 Å². The number of rotatable bonds is 6. The number of carbonyl (C=O) groups is 1. The Bertz CT molecular complexity index is 586. The molecule has 3 nitrogen and oxygen atoms in total. The summed E-state index contributed by atoms with van der Waals surface area (Å²) in [6, 6.07) is 11.0. The third-order valence-corrected chi connectivity index (χ3v) is 4.89. The second-order valence-corrected chi connectivity index (χ2v) is 6.89. The molecule has 1 aromatic heterocycles. The van der Waals surface area contributed by atoms with Crippen LogP contribution in [0, 0.1) is 0 Å². The zero-order valence-electron chi connectivity index (χ0n) is 10.6. The van der Waals surface area contributed by atoms with E-state index < -0.39 is 0 Å². The van der Waals surface area contributed by atoms with Gasteiger partial charge in [0.05, 0.1) is 16.7 Å². The van der Waals surface area contributed by atoms with Crippen molar-refractivity contribution in [2.24, 2.45) is 0 Å². The molecule has 1 aromatic carbocycles. The maximum absolute atomic E-state index is 11.8. The molecule has 20 heavy (non-hydrogen) atoms. The molecular formula is C14H14ClNO2S2. The summed E-state index contributed by atoms with van der Waals surface area (Å²) in [5.41, 5.74) is 1.49. The summed E-state index contributed by atoms with van der Waals surface area (Å²) in [6.07, 6.45) is 0. The van der Waals surface area contributed by atoms with Crippen LogP contribution >= 0.6 is 34.7 Å². The van der Waals surface area contributed by atoms with E-state index >= 15 is 0 Å². The van der Waals surface area contributed by atoms with Gasteiger partial charge in [-0.2, -0.15) is 0 Å². The van der Waals surface area contributed by atoms with Crippen LogP contribution < -0.4 is 5.32 Å². The number of amides is 1. The number of hydrogen-bond donors (Lipinski definition) is 2. The van der Waals surface area contributed by atoms with Crippen molar-refractivity contribution in [3.63, 3.8) is 0 Å². The Labute approximate surface area is 131 Å². The van der Waals surface area contributed by atoms with Crippen LogP contribution in [0.15, 0.2) is 36.4 Å². The molecule has 0 saturated heterocycles. The minimum absolute atomic E-state index is 0.0302. The van der Waals surface area contributed by atoms with Gasteiger partial charge in [-0.05, 0) is 29.8 Å². The van der Waals surface area contributed by atoms with Crippen molar-refractivity contribution in [2.75, 3.05) is 11.1 Å². The molecule has 0 fully saturated rings. The van der Waals surface area contributed by atoms with E-state index in [0.29, 0.717) is 11.4 Å². The van der Waals surface area contributed by atoms with Gasteiger partial charge in [0.2, 0.25) is 5.91 Å². The zero-order chi connectivity index (χ0) is 14.4. The Kier molecular flexibility index (Phi) is 5.91. The van der Waals surface area contributed by atoms with E-state index in [1.54, 1.807) is 23.9 Å². The van der Waals surface area contributed by atoms with Gasteiger partial charge in [-0.25, -0.2) is 0 Å². The number of aliphatic hydroxyl groups excluding tert-OH is 1. The predicted molar refractivity (Wildman–Crippen MR) is 86.5 cm³/mol. The Morgan fingerprint density at radius 2 is 2.20 bits per heavy atom. The fourth-order valence-electron chi connectivity index (χ4n) is 1.62. The molecule has 0 bridgehead atoms. The average Bonchev–Trinajstić information content (AvgIpc) is 2.84. The van der Waals surface area contributed by atoms with Gasteiger partial charge in [-0.15, -0.1) is 23.1 Å².